The van der Waals surface area contributed by atoms with E-state index in [2.05, 4.69) is 37.8 Å². The summed E-state index contributed by atoms with van der Waals surface area (Å²) >= 11 is 0. The molecule has 3 nitrogen and oxygen atoms in total. The van der Waals surface area contributed by atoms with Crippen molar-refractivity contribution in [3.8, 4) is 0 Å². The smallest absolute Gasteiger partial charge is 0.312 e. The third kappa shape index (κ3) is 1.93. The number of hydrogen-bond acceptors (Lipinski definition) is 3. The second-order valence-corrected chi connectivity index (χ2v) is 11.2. The molecule has 1 fully saturated rings. The molecule has 0 aromatic heterocycles. The maximum Gasteiger partial charge on any atom is 0.312 e. The number of aryl methyl sites for hydroxylation is 1. The largest absolute Gasteiger partial charge is 0.469 e. The van der Waals surface area contributed by atoms with Crippen LogP contribution in [0.4, 0.5) is 0 Å². The molecule has 4 heteroatoms. The third-order valence-electron chi connectivity index (χ3n) is 4.40. The van der Waals surface area contributed by atoms with Gasteiger partial charge in [0.1, 0.15) is 0 Å². The fraction of sp³-hybridized carbons (Fsp3) is 0.562. The van der Waals surface area contributed by atoms with Gasteiger partial charge in [-0.2, -0.15) is 0 Å². The van der Waals surface area contributed by atoms with Crippen LogP contribution in [0.5, 0.6) is 0 Å². The van der Waals surface area contributed by atoms with Crippen molar-refractivity contribution in [2.24, 2.45) is 11.8 Å². The van der Waals surface area contributed by atoms with E-state index in [1.807, 2.05) is 6.07 Å². The van der Waals surface area contributed by atoms with Gasteiger partial charge in [0, 0.05) is 5.92 Å². The van der Waals surface area contributed by atoms with Gasteiger partial charge in [-0.25, -0.2) is 0 Å². The summed E-state index contributed by atoms with van der Waals surface area (Å²) in [6.45, 7) is 6.55. The van der Waals surface area contributed by atoms with Gasteiger partial charge in [-0.3, -0.25) is 4.79 Å². The molecule has 2 aliphatic carbocycles. The molecule has 0 bridgehead atoms. The highest BCUT2D eigenvalue weighted by atomic mass is 28.4. The van der Waals surface area contributed by atoms with Gasteiger partial charge >= 0.3 is 5.97 Å². The Labute approximate surface area is 121 Å². The summed E-state index contributed by atoms with van der Waals surface area (Å²) in [5.41, 5.74) is 2.13. The molecule has 20 heavy (non-hydrogen) atoms. The molecular formula is C16H22O3Si. The van der Waals surface area contributed by atoms with E-state index in [0.29, 0.717) is 0 Å². The number of rotatable bonds is 3. The first-order valence-electron chi connectivity index (χ1n) is 7.26. The van der Waals surface area contributed by atoms with Crippen LogP contribution < -0.4 is 0 Å². The van der Waals surface area contributed by atoms with Crippen LogP contribution in [0.2, 0.25) is 19.6 Å². The lowest BCUT2D eigenvalue weighted by molar-refractivity contribution is -0.144. The quantitative estimate of drug-likeness (QED) is 0.634. The Morgan fingerprint density at radius 2 is 2.00 bits per heavy atom. The van der Waals surface area contributed by atoms with E-state index in [1.165, 1.54) is 18.2 Å². The average molecular weight is 290 g/mol. The summed E-state index contributed by atoms with van der Waals surface area (Å²) < 4.78 is 11.6. The number of carbonyl (C=O) groups excluding carboxylic acids is 1. The van der Waals surface area contributed by atoms with Gasteiger partial charge in [0.05, 0.1) is 18.6 Å². The fourth-order valence-electron chi connectivity index (χ4n) is 3.78. The van der Waals surface area contributed by atoms with Crippen LogP contribution in [0.1, 0.15) is 17.5 Å². The molecule has 0 aliphatic heterocycles. The number of benzene rings is 1. The Balaban J connectivity index is 2.07. The zero-order valence-electron chi connectivity index (χ0n) is 12.6. The van der Waals surface area contributed by atoms with E-state index >= 15 is 0 Å². The molecule has 108 valence electrons. The Bertz CT molecular complexity index is 549. The van der Waals surface area contributed by atoms with Crippen molar-refractivity contribution < 1.29 is 14.0 Å². The summed E-state index contributed by atoms with van der Waals surface area (Å²) in [4.78, 5) is 12.2. The van der Waals surface area contributed by atoms with Crippen molar-refractivity contribution >= 4 is 14.3 Å². The second-order valence-electron chi connectivity index (χ2n) is 6.81. The lowest BCUT2D eigenvalue weighted by atomic mass is 9.89. The van der Waals surface area contributed by atoms with Gasteiger partial charge in [-0.1, -0.05) is 24.3 Å². The van der Waals surface area contributed by atoms with Gasteiger partial charge in [-0.15, -0.1) is 0 Å². The Hall–Kier alpha value is -1.13. The summed E-state index contributed by atoms with van der Waals surface area (Å²) in [6, 6.07) is 8.40. The van der Waals surface area contributed by atoms with Crippen molar-refractivity contribution in [1.82, 2.24) is 0 Å². The molecule has 3 rings (SSSR count). The number of hydrogen-bond donors (Lipinski definition) is 0. The summed E-state index contributed by atoms with van der Waals surface area (Å²) in [7, 11) is -0.279. The van der Waals surface area contributed by atoms with Gasteiger partial charge in [-0.05, 0) is 43.6 Å². The van der Waals surface area contributed by atoms with E-state index in [1.54, 1.807) is 0 Å². The number of carbonyl (C=O) groups is 1. The molecule has 1 aromatic rings. The summed E-state index contributed by atoms with van der Waals surface area (Å²) in [5.74, 6) is 0.0457. The zero-order chi connectivity index (χ0) is 14.5. The molecule has 0 heterocycles. The van der Waals surface area contributed by atoms with Crippen LogP contribution in [0, 0.1) is 11.8 Å². The van der Waals surface area contributed by atoms with Crippen molar-refractivity contribution in [3.05, 3.63) is 35.4 Å². The topological polar surface area (TPSA) is 35.5 Å². The Kier molecular flexibility index (Phi) is 3.06. The molecule has 0 saturated heterocycles. The van der Waals surface area contributed by atoms with Crippen LogP contribution >= 0.6 is 0 Å². The average Bonchev–Trinajstić information content (AvgIpc) is 3.04. The predicted octanol–water partition coefficient (Wildman–Crippen LogP) is 3.10. The van der Waals surface area contributed by atoms with Crippen molar-refractivity contribution in [1.29, 1.82) is 0 Å². The number of fused-ring (bicyclic) bond motifs is 3. The Morgan fingerprint density at radius 1 is 1.30 bits per heavy atom. The van der Waals surface area contributed by atoms with Crippen molar-refractivity contribution in [3.63, 3.8) is 0 Å². The first-order valence-corrected chi connectivity index (χ1v) is 10.7. The second kappa shape index (κ2) is 4.43. The minimum atomic E-state index is -1.75. The molecule has 0 amide bonds. The maximum atomic E-state index is 12.2. The predicted molar refractivity (Wildman–Crippen MR) is 79.9 cm³/mol. The molecule has 0 spiro atoms. The van der Waals surface area contributed by atoms with E-state index in [9.17, 15) is 4.79 Å². The third-order valence-corrected chi connectivity index (χ3v) is 5.35. The van der Waals surface area contributed by atoms with Crippen LogP contribution in [0.25, 0.3) is 0 Å². The van der Waals surface area contributed by atoms with E-state index in [0.717, 1.165) is 12.8 Å². The SMILES string of the molecule is COC(=O)[C@H]1[C@@H]2CCc3ccccc3[C@@]21O[Si](C)(C)C. The highest BCUT2D eigenvalue weighted by Gasteiger charge is 2.72. The van der Waals surface area contributed by atoms with Crippen LogP contribution in [-0.2, 0) is 26.0 Å². The monoisotopic (exact) mass is 290 g/mol. The van der Waals surface area contributed by atoms with Crippen molar-refractivity contribution in [2.45, 2.75) is 38.1 Å². The highest BCUT2D eigenvalue weighted by molar-refractivity contribution is 6.69. The molecule has 1 aromatic carbocycles. The molecule has 0 N–H and O–H groups in total. The molecular weight excluding hydrogens is 268 g/mol. The van der Waals surface area contributed by atoms with E-state index < -0.39 is 13.9 Å². The van der Waals surface area contributed by atoms with Crippen LogP contribution in [-0.4, -0.2) is 21.4 Å². The highest BCUT2D eigenvalue weighted by Crippen LogP contribution is 2.66. The number of methoxy groups -OCH3 is 1. The van der Waals surface area contributed by atoms with Gasteiger partial charge in [0.15, 0.2) is 8.32 Å². The molecule has 0 unspecified atom stereocenters. The zero-order valence-corrected chi connectivity index (χ0v) is 13.6. The molecule has 1 saturated carbocycles. The molecule has 0 radical (unpaired) electrons. The molecule has 2 aliphatic rings. The van der Waals surface area contributed by atoms with Crippen LogP contribution in [0.15, 0.2) is 24.3 Å². The first kappa shape index (κ1) is 13.8. The number of esters is 1. The standard InChI is InChI=1S/C16H22O3Si/c1-18-15(17)14-13-10-9-11-7-5-6-8-12(11)16(13,14)19-20(2,3)4/h5-8,13-14H,9-10H2,1-4H3/t13-,14+,16+/m0/s1. The lowest BCUT2D eigenvalue weighted by Gasteiger charge is -2.32. The fourth-order valence-corrected chi connectivity index (χ4v) is 5.18. The van der Waals surface area contributed by atoms with E-state index in [4.69, 9.17) is 9.16 Å². The van der Waals surface area contributed by atoms with Crippen molar-refractivity contribution in [2.75, 3.05) is 7.11 Å². The van der Waals surface area contributed by atoms with Crippen LogP contribution in [0.3, 0.4) is 0 Å². The lowest BCUT2D eigenvalue weighted by Crippen LogP contribution is -2.36. The van der Waals surface area contributed by atoms with Gasteiger partial charge in [0.2, 0.25) is 0 Å². The first-order chi connectivity index (χ1) is 9.40. The molecule has 3 atom stereocenters. The van der Waals surface area contributed by atoms with Gasteiger partial charge in [0.25, 0.3) is 0 Å². The minimum absolute atomic E-state index is 0.120. The minimum Gasteiger partial charge on any atom is -0.469 e. The summed E-state index contributed by atoms with van der Waals surface area (Å²) in [6.07, 6.45) is 2.05. The van der Waals surface area contributed by atoms with Gasteiger partial charge < -0.3 is 9.16 Å². The maximum absolute atomic E-state index is 12.2. The van der Waals surface area contributed by atoms with E-state index in [-0.39, 0.29) is 17.8 Å². The number of ether oxygens (including phenoxy) is 1. The normalized spacial score (nSPS) is 31.2. The summed E-state index contributed by atoms with van der Waals surface area (Å²) in [5, 5.41) is 0. The Morgan fingerprint density at radius 3 is 2.65 bits per heavy atom.